The SMILES string of the molecule is COc1ncc(C)c(NC(=O)c2cc(F)c(-c3cn(C)c(CO)n3)cc2OC(C)C(F)(F)F)c1C. The number of imidazole rings is 1. The molecule has 2 N–H and O–H groups in total. The quantitative estimate of drug-likeness (QED) is 0.473. The number of anilines is 1. The molecule has 0 radical (unpaired) electrons. The molecule has 0 saturated carbocycles. The standard InChI is InChI=1S/C23H24F4N4O4/c1-11-8-28-22(34-5)12(2)20(11)30-21(33)15-6-16(24)14(17-9-31(4)19(10-32)29-17)7-18(15)35-13(3)23(25,26)27/h6-9,13,32H,10H2,1-5H3,(H,28,30,33). The highest BCUT2D eigenvalue weighted by Crippen LogP contribution is 2.34. The largest absolute Gasteiger partial charge is 0.481 e. The summed E-state index contributed by atoms with van der Waals surface area (Å²) in [6, 6.07) is 1.78. The van der Waals surface area contributed by atoms with Crippen molar-refractivity contribution in [1.82, 2.24) is 14.5 Å². The first-order chi connectivity index (χ1) is 16.4. The Labute approximate surface area is 198 Å². The molecule has 2 heterocycles. The fourth-order valence-electron chi connectivity index (χ4n) is 3.36. The third kappa shape index (κ3) is 5.37. The average Bonchev–Trinajstić information content (AvgIpc) is 3.17. The molecule has 0 bridgehead atoms. The number of aryl methyl sites for hydroxylation is 2. The van der Waals surface area contributed by atoms with Crippen molar-refractivity contribution in [2.75, 3.05) is 12.4 Å². The normalized spacial score (nSPS) is 12.4. The van der Waals surface area contributed by atoms with Crippen molar-refractivity contribution in [3.63, 3.8) is 0 Å². The van der Waals surface area contributed by atoms with Crippen LogP contribution in [0.3, 0.4) is 0 Å². The molecule has 3 rings (SSSR count). The topological polar surface area (TPSA) is 98.5 Å². The Bertz CT molecular complexity index is 1260. The first kappa shape index (κ1) is 25.9. The minimum Gasteiger partial charge on any atom is -0.481 e. The maximum atomic E-state index is 15.1. The van der Waals surface area contributed by atoms with Gasteiger partial charge in [-0.2, -0.15) is 13.2 Å². The van der Waals surface area contributed by atoms with E-state index >= 15 is 4.39 Å². The Morgan fingerprint density at radius 1 is 1.29 bits per heavy atom. The second kappa shape index (κ2) is 9.90. The van der Waals surface area contributed by atoms with Crippen LogP contribution in [0.5, 0.6) is 11.6 Å². The lowest BCUT2D eigenvalue weighted by atomic mass is 10.1. The van der Waals surface area contributed by atoms with Gasteiger partial charge in [-0.05, 0) is 38.5 Å². The number of aliphatic hydroxyl groups excluding tert-OH is 1. The number of nitrogens with zero attached hydrogens (tertiary/aromatic N) is 3. The number of alkyl halides is 3. The van der Waals surface area contributed by atoms with Crippen LogP contribution in [0, 0.1) is 19.7 Å². The van der Waals surface area contributed by atoms with E-state index < -0.39 is 41.9 Å². The minimum absolute atomic E-state index is 0.0519. The molecule has 35 heavy (non-hydrogen) atoms. The van der Waals surface area contributed by atoms with E-state index in [4.69, 9.17) is 9.47 Å². The van der Waals surface area contributed by atoms with Crippen LogP contribution in [-0.4, -0.2) is 44.9 Å². The molecule has 1 aromatic carbocycles. The molecule has 1 amide bonds. The van der Waals surface area contributed by atoms with Gasteiger partial charge in [-0.3, -0.25) is 4.79 Å². The molecule has 8 nitrogen and oxygen atoms in total. The molecule has 1 atom stereocenters. The smallest absolute Gasteiger partial charge is 0.425 e. The number of pyridine rings is 1. The van der Waals surface area contributed by atoms with Crippen molar-refractivity contribution in [2.45, 2.75) is 39.7 Å². The van der Waals surface area contributed by atoms with Crippen LogP contribution in [0.4, 0.5) is 23.2 Å². The number of benzene rings is 1. The van der Waals surface area contributed by atoms with Gasteiger partial charge in [0.2, 0.25) is 5.88 Å². The van der Waals surface area contributed by atoms with Crippen LogP contribution in [0.2, 0.25) is 0 Å². The fourth-order valence-corrected chi connectivity index (χ4v) is 3.36. The Morgan fingerprint density at radius 3 is 2.54 bits per heavy atom. The Morgan fingerprint density at radius 2 is 1.97 bits per heavy atom. The Kier molecular flexibility index (Phi) is 7.34. The molecule has 12 heteroatoms. The predicted octanol–water partition coefficient (Wildman–Crippen LogP) is 4.32. The van der Waals surface area contributed by atoms with Gasteiger partial charge in [-0.25, -0.2) is 14.4 Å². The van der Waals surface area contributed by atoms with Crippen molar-refractivity contribution >= 4 is 11.6 Å². The van der Waals surface area contributed by atoms with Gasteiger partial charge in [0, 0.05) is 30.6 Å². The molecule has 0 spiro atoms. The lowest BCUT2D eigenvalue weighted by Crippen LogP contribution is -2.32. The summed E-state index contributed by atoms with van der Waals surface area (Å²) in [6.07, 6.45) is -4.16. The summed E-state index contributed by atoms with van der Waals surface area (Å²) in [5, 5.41) is 11.9. The average molecular weight is 496 g/mol. The maximum Gasteiger partial charge on any atom is 0.425 e. The number of amides is 1. The summed E-state index contributed by atoms with van der Waals surface area (Å²) in [5.74, 6) is -1.84. The summed E-state index contributed by atoms with van der Waals surface area (Å²) < 4.78 is 66.5. The van der Waals surface area contributed by atoms with Gasteiger partial charge in [0.05, 0.1) is 24.1 Å². The summed E-state index contributed by atoms with van der Waals surface area (Å²) in [6.45, 7) is 3.65. The van der Waals surface area contributed by atoms with E-state index in [0.29, 0.717) is 16.8 Å². The van der Waals surface area contributed by atoms with Crippen LogP contribution < -0.4 is 14.8 Å². The van der Waals surface area contributed by atoms with E-state index in [9.17, 15) is 23.1 Å². The molecule has 0 aliphatic rings. The molecule has 0 saturated heterocycles. The van der Waals surface area contributed by atoms with Crippen molar-refractivity contribution in [3.05, 3.63) is 52.9 Å². The molecular formula is C23H24F4N4O4. The number of nitrogens with one attached hydrogen (secondary N) is 1. The van der Waals surface area contributed by atoms with Gasteiger partial charge in [-0.1, -0.05) is 0 Å². The highest BCUT2D eigenvalue weighted by molar-refractivity contribution is 6.07. The molecule has 188 valence electrons. The number of carbonyl (C=O) groups excluding carboxylic acids is 1. The van der Waals surface area contributed by atoms with Crippen molar-refractivity contribution in [2.24, 2.45) is 7.05 Å². The van der Waals surface area contributed by atoms with Crippen LogP contribution in [0.15, 0.2) is 24.5 Å². The minimum atomic E-state index is -4.73. The Balaban J connectivity index is 2.10. The number of halogens is 4. The summed E-state index contributed by atoms with van der Waals surface area (Å²) in [4.78, 5) is 21.3. The van der Waals surface area contributed by atoms with Crippen LogP contribution in [-0.2, 0) is 13.7 Å². The first-order valence-electron chi connectivity index (χ1n) is 10.4. The number of carbonyl (C=O) groups is 1. The van der Waals surface area contributed by atoms with Crippen molar-refractivity contribution in [3.8, 4) is 22.9 Å². The second-order valence-electron chi connectivity index (χ2n) is 7.85. The lowest BCUT2D eigenvalue weighted by molar-refractivity contribution is -0.189. The van der Waals surface area contributed by atoms with E-state index in [1.54, 1.807) is 20.9 Å². The van der Waals surface area contributed by atoms with E-state index in [2.05, 4.69) is 15.3 Å². The van der Waals surface area contributed by atoms with Crippen LogP contribution in [0.25, 0.3) is 11.3 Å². The molecule has 0 fully saturated rings. The third-order valence-electron chi connectivity index (χ3n) is 5.37. The highest BCUT2D eigenvalue weighted by Gasteiger charge is 2.39. The Hall–Kier alpha value is -3.67. The zero-order valence-corrected chi connectivity index (χ0v) is 19.6. The molecule has 2 aromatic heterocycles. The zero-order valence-electron chi connectivity index (χ0n) is 19.6. The first-order valence-corrected chi connectivity index (χ1v) is 10.4. The van der Waals surface area contributed by atoms with E-state index in [0.717, 1.165) is 19.1 Å². The van der Waals surface area contributed by atoms with E-state index in [1.165, 1.54) is 24.1 Å². The van der Waals surface area contributed by atoms with Gasteiger partial charge >= 0.3 is 6.18 Å². The number of methoxy groups -OCH3 is 1. The third-order valence-corrected chi connectivity index (χ3v) is 5.37. The molecule has 3 aromatic rings. The number of rotatable bonds is 7. The fraction of sp³-hybridized carbons (Fsp3) is 0.348. The maximum absolute atomic E-state index is 15.1. The molecule has 0 aliphatic carbocycles. The number of hydrogen-bond acceptors (Lipinski definition) is 6. The molecular weight excluding hydrogens is 472 g/mol. The van der Waals surface area contributed by atoms with Gasteiger partial charge in [0.1, 0.15) is 24.0 Å². The van der Waals surface area contributed by atoms with Gasteiger partial charge in [0.25, 0.3) is 5.91 Å². The van der Waals surface area contributed by atoms with Crippen molar-refractivity contribution in [1.29, 1.82) is 0 Å². The zero-order chi connectivity index (χ0) is 26.1. The monoisotopic (exact) mass is 496 g/mol. The lowest BCUT2D eigenvalue weighted by Gasteiger charge is -2.21. The van der Waals surface area contributed by atoms with E-state index in [1.807, 2.05) is 0 Å². The summed E-state index contributed by atoms with van der Waals surface area (Å²) in [5.41, 5.74) is 0.767. The number of aromatic nitrogens is 3. The van der Waals surface area contributed by atoms with Gasteiger partial charge in [-0.15, -0.1) is 0 Å². The molecule has 0 aliphatic heterocycles. The molecule has 1 unspecified atom stereocenters. The van der Waals surface area contributed by atoms with E-state index in [-0.39, 0.29) is 23.0 Å². The number of hydrogen-bond donors (Lipinski definition) is 2. The van der Waals surface area contributed by atoms with Gasteiger partial charge < -0.3 is 24.5 Å². The van der Waals surface area contributed by atoms with Crippen molar-refractivity contribution < 1.29 is 36.9 Å². The van der Waals surface area contributed by atoms with Gasteiger partial charge in [0.15, 0.2) is 6.10 Å². The predicted molar refractivity (Wildman–Crippen MR) is 119 cm³/mol. The number of ether oxygens (including phenoxy) is 2. The summed E-state index contributed by atoms with van der Waals surface area (Å²) >= 11 is 0. The highest BCUT2D eigenvalue weighted by atomic mass is 19.4. The van der Waals surface area contributed by atoms with Crippen LogP contribution in [0.1, 0.15) is 34.2 Å². The second-order valence-corrected chi connectivity index (χ2v) is 7.85. The summed E-state index contributed by atoms with van der Waals surface area (Å²) in [7, 11) is 2.97. The van der Waals surface area contributed by atoms with Crippen LogP contribution >= 0.6 is 0 Å². The number of aliphatic hydroxyl groups is 1.